The van der Waals surface area contributed by atoms with Crippen LogP contribution in [-0.4, -0.2) is 33.1 Å². The van der Waals surface area contributed by atoms with Crippen LogP contribution >= 0.6 is 0 Å². The molecule has 0 unspecified atom stereocenters. The predicted molar refractivity (Wildman–Crippen MR) is 112 cm³/mol. The van der Waals surface area contributed by atoms with Crippen molar-refractivity contribution in [1.29, 1.82) is 0 Å². The number of carboxylic acids is 1. The molecule has 2 aromatic carbocycles. The number of hydrogen-bond donors (Lipinski definition) is 2. The number of alkyl halides is 1. The summed E-state index contributed by atoms with van der Waals surface area (Å²) in [4.78, 5) is 37.4. The van der Waals surface area contributed by atoms with E-state index < -0.39 is 24.2 Å². The van der Waals surface area contributed by atoms with Crippen LogP contribution in [0.3, 0.4) is 0 Å². The number of hydrogen-bond acceptors (Lipinski definition) is 3. The van der Waals surface area contributed by atoms with Crippen molar-refractivity contribution in [3.63, 3.8) is 0 Å². The molecule has 0 radical (unpaired) electrons. The van der Waals surface area contributed by atoms with Crippen molar-refractivity contribution in [2.75, 3.05) is 6.67 Å². The van der Waals surface area contributed by atoms with Crippen molar-refractivity contribution in [3.05, 3.63) is 69.0 Å². The van der Waals surface area contributed by atoms with E-state index in [1.54, 1.807) is 0 Å². The van der Waals surface area contributed by atoms with Crippen LogP contribution in [0.25, 0.3) is 10.9 Å². The van der Waals surface area contributed by atoms with Crippen molar-refractivity contribution >= 4 is 22.9 Å². The molecule has 158 valence electrons. The fourth-order valence-corrected chi connectivity index (χ4v) is 3.73. The van der Waals surface area contributed by atoms with E-state index in [-0.39, 0.29) is 35.5 Å². The highest BCUT2D eigenvalue weighted by Gasteiger charge is 2.23. The zero-order valence-corrected chi connectivity index (χ0v) is 17.1. The van der Waals surface area contributed by atoms with Crippen LogP contribution in [0.4, 0.5) is 9.18 Å². The number of carbonyl (C=O) groups excluding carboxylic acids is 1. The number of fused-ring (bicyclic) bond motifs is 1. The number of amides is 1. The largest absolute Gasteiger partial charge is 0.478 e. The van der Waals surface area contributed by atoms with Gasteiger partial charge in [0.25, 0.3) is 5.56 Å². The number of nitrogens with one attached hydrogen (secondary N) is 1. The van der Waals surface area contributed by atoms with Crippen molar-refractivity contribution in [2.45, 2.75) is 39.8 Å². The molecule has 7 nitrogen and oxygen atoms in total. The first-order chi connectivity index (χ1) is 14.3. The van der Waals surface area contributed by atoms with Crippen LogP contribution < -0.4 is 10.9 Å². The molecule has 0 saturated carbocycles. The van der Waals surface area contributed by atoms with Gasteiger partial charge >= 0.3 is 12.0 Å². The topological polar surface area (TPSA) is 93.3 Å². The van der Waals surface area contributed by atoms with Crippen LogP contribution in [-0.2, 0) is 13.1 Å². The van der Waals surface area contributed by atoms with E-state index in [2.05, 4.69) is 19.2 Å². The third kappa shape index (κ3) is 3.72. The molecule has 0 fully saturated rings. The average Bonchev–Trinajstić information content (AvgIpc) is 2.98. The lowest BCUT2D eigenvalue weighted by Crippen LogP contribution is -2.38. The zero-order valence-electron chi connectivity index (χ0n) is 17.1. The van der Waals surface area contributed by atoms with Gasteiger partial charge in [0.05, 0.1) is 23.0 Å². The summed E-state index contributed by atoms with van der Waals surface area (Å²) in [6.07, 6.45) is 0. The van der Waals surface area contributed by atoms with Gasteiger partial charge in [-0.05, 0) is 41.7 Å². The second-order valence-electron chi connectivity index (χ2n) is 7.39. The zero-order chi connectivity index (χ0) is 22.0. The summed E-state index contributed by atoms with van der Waals surface area (Å²) in [5.74, 6) is -1.01. The van der Waals surface area contributed by atoms with E-state index >= 15 is 0 Å². The number of para-hydroxylation sites is 1. The molecule has 0 aliphatic carbocycles. The number of aromatic nitrogens is 2. The molecule has 0 bridgehead atoms. The van der Waals surface area contributed by atoms with Gasteiger partial charge in [0.1, 0.15) is 6.67 Å². The molecule has 0 spiro atoms. The van der Waals surface area contributed by atoms with Gasteiger partial charge in [-0.15, -0.1) is 0 Å². The van der Waals surface area contributed by atoms with Gasteiger partial charge in [-0.3, -0.25) is 9.48 Å². The van der Waals surface area contributed by atoms with Gasteiger partial charge in [0.2, 0.25) is 0 Å². The van der Waals surface area contributed by atoms with Crippen molar-refractivity contribution in [1.82, 2.24) is 14.7 Å². The standard InChI is InChI=1S/C22H24FN3O4/c1-13(2)15-7-4-6-14(3)18(15)12-24-22(30)26-20(27)16-8-5-9-17(21(28)29)19(16)25(26)11-10-23/h4-9,13H,10-12H2,1-3H3,(H,24,30)(H,28,29). The molecule has 3 rings (SSSR count). The Labute approximate surface area is 172 Å². The lowest BCUT2D eigenvalue weighted by Gasteiger charge is -2.17. The molecular formula is C22H24FN3O4. The molecule has 3 aromatic rings. The number of carboxylic acid groups (broad SMARTS) is 1. The van der Waals surface area contributed by atoms with Crippen molar-refractivity contribution in [3.8, 4) is 0 Å². The Balaban J connectivity index is 2.05. The van der Waals surface area contributed by atoms with Gasteiger partial charge < -0.3 is 10.4 Å². The first-order valence-electron chi connectivity index (χ1n) is 9.68. The first kappa shape index (κ1) is 21.3. The van der Waals surface area contributed by atoms with E-state index in [9.17, 15) is 23.9 Å². The summed E-state index contributed by atoms with van der Waals surface area (Å²) < 4.78 is 15.1. The SMILES string of the molecule is Cc1cccc(C(C)C)c1CNC(=O)n1c(=O)c2cccc(C(=O)O)c2n1CCF. The molecule has 8 heteroatoms. The molecule has 0 aliphatic heterocycles. The number of rotatable bonds is 6. The first-order valence-corrected chi connectivity index (χ1v) is 9.68. The third-order valence-corrected chi connectivity index (χ3v) is 5.16. The second kappa shape index (κ2) is 8.52. The van der Waals surface area contributed by atoms with Crippen LogP contribution in [0.2, 0.25) is 0 Å². The van der Waals surface area contributed by atoms with Gasteiger partial charge in [-0.1, -0.05) is 38.1 Å². The number of benzene rings is 2. The molecule has 0 aliphatic rings. The highest BCUT2D eigenvalue weighted by atomic mass is 19.1. The van der Waals surface area contributed by atoms with E-state index in [0.29, 0.717) is 0 Å². The average molecular weight is 413 g/mol. The highest BCUT2D eigenvalue weighted by Crippen LogP contribution is 2.22. The lowest BCUT2D eigenvalue weighted by molar-refractivity contribution is 0.0698. The van der Waals surface area contributed by atoms with Gasteiger partial charge in [0, 0.05) is 6.54 Å². The molecule has 2 N–H and O–H groups in total. The minimum atomic E-state index is -1.26. The molecule has 0 saturated heterocycles. The van der Waals surface area contributed by atoms with Gasteiger partial charge in [-0.2, -0.15) is 4.68 Å². The second-order valence-corrected chi connectivity index (χ2v) is 7.39. The Morgan fingerprint density at radius 3 is 2.50 bits per heavy atom. The van der Waals surface area contributed by atoms with Crippen LogP contribution in [0.5, 0.6) is 0 Å². The minimum Gasteiger partial charge on any atom is -0.478 e. The maximum absolute atomic E-state index is 13.2. The normalized spacial score (nSPS) is 11.2. The summed E-state index contributed by atoms with van der Waals surface area (Å²) in [5.41, 5.74) is 2.22. The lowest BCUT2D eigenvalue weighted by atomic mass is 9.94. The number of halogens is 1. The van der Waals surface area contributed by atoms with Crippen LogP contribution in [0, 0.1) is 6.92 Å². The number of nitrogens with zero attached hydrogens (tertiary/aromatic N) is 2. The Morgan fingerprint density at radius 2 is 1.87 bits per heavy atom. The van der Waals surface area contributed by atoms with E-state index in [1.807, 2.05) is 25.1 Å². The minimum absolute atomic E-state index is 0.0292. The molecule has 1 aromatic heterocycles. The Morgan fingerprint density at radius 1 is 1.17 bits per heavy atom. The Hall–Kier alpha value is -3.42. The Kier molecular flexibility index (Phi) is 6.05. The molecule has 0 atom stereocenters. The molecule has 1 amide bonds. The fraction of sp³-hybridized carbons (Fsp3) is 0.318. The molecular weight excluding hydrogens is 389 g/mol. The number of carbonyl (C=O) groups is 2. The number of aryl methyl sites for hydroxylation is 2. The maximum atomic E-state index is 13.2. The summed E-state index contributed by atoms with van der Waals surface area (Å²) >= 11 is 0. The van der Waals surface area contributed by atoms with Crippen molar-refractivity contribution < 1.29 is 19.1 Å². The molecule has 1 heterocycles. The summed E-state index contributed by atoms with van der Waals surface area (Å²) in [6.45, 7) is 5.05. The number of aromatic carboxylic acids is 1. The predicted octanol–water partition coefficient (Wildman–Crippen LogP) is 3.66. The van der Waals surface area contributed by atoms with E-state index in [0.717, 1.165) is 26.1 Å². The van der Waals surface area contributed by atoms with Crippen LogP contribution in [0.1, 0.15) is 46.8 Å². The van der Waals surface area contributed by atoms with E-state index in [1.165, 1.54) is 18.2 Å². The van der Waals surface area contributed by atoms with Crippen molar-refractivity contribution in [2.24, 2.45) is 0 Å². The Bertz CT molecular complexity index is 1180. The smallest absolute Gasteiger partial charge is 0.344 e. The summed E-state index contributed by atoms with van der Waals surface area (Å²) in [6, 6.07) is 9.33. The molecule has 30 heavy (non-hydrogen) atoms. The third-order valence-electron chi connectivity index (χ3n) is 5.16. The van der Waals surface area contributed by atoms with Gasteiger partial charge in [-0.25, -0.2) is 14.0 Å². The fourth-order valence-electron chi connectivity index (χ4n) is 3.73. The highest BCUT2D eigenvalue weighted by molar-refractivity contribution is 6.02. The van der Waals surface area contributed by atoms with E-state index in [4.69, 9.17) is 0 Å². The van der Waals surface area contributed by atoms with Crippen LogP contribution in [0.15, 0.2) is 41.2 Å². The summed E-state index contributed by atoms with van der Waals surface area (Å²) in [5, 5.41) is 12.2. The quantitative estimate of drug-likeness (QED) is 0.645. The monoisotopic (exact) mass is 413 g/mol. The maximum Gasteiger partial charge on any atom is 0.344 e. The van der Waals surface area contributed by atoms with Gasteiger partial charge in [0.15, 0.2) is 0 Å². The summed E-state index contributed by atoms with van der Waals surface area (Å²) in [7, 11) is 0.